The van der Waals surface area contributed by atoms with E-state index in [0.717, 1.165) is 5.82 Å². The highest BCUT2D eigenvalue weighted by Crippen LogP contribution is 2.31. The fourth-order valence-electron chi connectivity index (χ4n) is 1.61. The summed E-state index contributed by atoms with van der Waals surface area (Å²) in [6, 6.07) is 6.12. The molecule has 0 aliphatic heterocycles. The molecule has 0 spiro atoms. The summed E-state index contributed by atoms with van der Waals surface area (Å²) >= 11 is 7.87. The summed E-state index contributed by atoms with van der Waals surface area (Å²) in [6.45, 7) is 2.13. The van der Waals surface area contributed by atoms with Crippen molar-refractivity contribution in [1.82, 2.24) is 4.98 Å². The molecule has 0 saturated carbocycles. The molecule has 17 heavy (non-hydrogen) atoms. The molecule has 0 bridgehead atoms. The van der Waals surface area contributed by atoms with Gasteiger partial charge in [0.2, 0.25) is 0 Å². The molecule has 0 amide bonds. The summed E-state index contributed by atoms with van der Waals surface area (Å²) in [7, 11) is 1.98. The molecule has 1 unspecified atom stereocenters. The molecule has 0 fully saturated rings. The SMILES string of the molecule is CC(c1cccs1)N(C)c1ncc(N)cc1Cl. The van der Waals surface area contributed by atoms with Crippen LogP contribution in [0.25, 0.3) is 0 Å². The van der Waals surface area contributed by atoms with Gasteiger partial charge in [-0.2, -0.15) is 0 Å². The Balaban J connectivity index is 2.28. The Morgan fingerprint density at radius 2 is 2.29 bits per heavy atom. The number of halogens is 1. The van der Waals surface area contributed by atoms with Crippen molar-refractivity contribution in [3.63, 3.8) is 0 Å². The largest absolute Gasteiger partial charge is 0.397 e. The summed E-state index contributed by atoms with van der Waals surface area (Å²) in [6.07, 6.45) is 1.62. The molecular weight excluding hydrogens is 254 g/mol. The first kappa shape index (κ1) is 12.2. The lowest BCUT2D eigenvalue weighted by Gasteiger charge is -2.26. The van der Waals surface area contributed by atoms with E-state index in [-0.39, 0.29) is 6.04 Å². The first-order valence-electron chi connectivity index (χ1n) is 5.27. The van der Waals surface area contributed by atoms with Gasteiger partial charge in [-0.1, -0.05) is 17.7 Å². The zero-order valence-electron chi connectivity index (χ0n) is 9.72. The number of hydrogen-bond acceptors (Lipinski definition) is 4. The van der Waals surface area contributed by atoms with Gasteiger partial charge in [-0.25, -0.2) is 4.98 Å². The molecule has 2 heterocycles. The van der Waals surface area contributed by atoms with Crippen molar-refractivity contribution in [2.75, 3.05) is 17.7 Å². The van der Waals surface area contributed by atoms with Crippen molar-refractivity contribution >= 4 is 34.4 Å². The molecular formula is C12H14ClN3S. The maximum Gasteiger partial charge on any atom is 0.147 e. The van der Waals surface area contributed by atoms with E-state index < -0.39 is 0 Å². The van der Waals surface area contributed by atoms with E-state index in [2.05, 4.69) is 23.4 Å². The monoisotopic (exact) mass is 267 g/mol. The average Bonchev–Trinajstić information content (AvgIpc) is 2.80. The van der Waals surface area contributed by atoms with Crippen LogP contribution in [0.15, 0.2) is 29.8 Å². The number of aromatic nitrogens is 1. The molecule has 2 aromatic heterocycles. The Morgan fingerprint density at radius 1 is 1.53 bits per heavy atom. The lowest BCUT2D eigenvalue weighted by Crippen LogP contribution is -2.22. The minimum absolute atomic E-state index is 0.239. The van der Waals surface area contributed by atoms with Crippen LogP contribution < -0.4 is 10.6 Å². The predicted octanol–water partition coefficient (Wildman–Crippen LogP) is 3.58. The van der Waals surface area contributed by atoms with Gasteiger partial charge in [-0.15, -0.1) is 11.3 Å². The highest BCUT2D eigenvalue weighted by molar-refractivity contribution is 7.10. The second kappa shape index (κ2) is 4.94. The number of hydrogen-bond donors (Lipinski definition) is 1. The number of rotatable bonds is 3. The van der Waals surface area contributed by atoms with Gasteiger partial charge in [0, 0.05) is 11.9 Å². The molecule has 0 radical (unpaired) electrons. The molecule has 0 aliphatic carbocycles. The lowest BCUT2D eigenvalue weighted by atomic mass is 10.2. The van der Waals surface area contributed by atoms with Crippen LogP contribution in [0.5, 0.6) is 0 Å². The second-order valence-corrected chi connectivity index (χ2v) is 5.26. The van der Waals surface area contributed by atoms with Gasteiger partial charge < -0.3 is 10.6 Å². The van der Waals surface area contributed by atoms with Gasteiger partial charge >= 0.3 is 0 Å². The van der Waals surface area contributed by atoms with Crippen LogP contribution in [0.3, 0.4) is 0 Å². The smallest absolute Gasteiger partial charge is 0.147 e. The Bertz CT molecular complexity index is 498. The quantitative estimate of drug-likeness (QED) is 0.924. The highest BCUT2D eigenvalue weighted by Gasteiger charge is 2.16. The fourth-order valence-corrected chi connectivity index (χ4v) is 2.74. The molecule has 0 aliphatic rings. The Labute approximate surface area is 110 Å². The summed E-state index contributed by atoms with van der Waals surface area (Å²) in [4.78, 5) is 7.61. The second-order valence-electron chi connectivity index (χ2n) is 3.88. The minimum Gasteiger partial charge on any atom is -0.397 e. The molecule has 90 valence electrons. The van der Waals surface area contributed by atoms with Crippen LogP contribution in [0.4, 0.5) is 11.5 Å². The Hall–Kier alpha value is -1.26. The van der Waals surface area contributed by atoms with E-state index >= 15 is 0 Å². The zero-order valence-corrected chi connectivity index (χ0v) is 11.3. The third-order valence-corrected chi connectivity index (χ3v) is 4.03. The maximum atomic E-state index is 6.15. The van der Waals surface area contributed by atoms with Gasteiger partial charge in [0.15, 0.2) is 0 Å². The normalized spacial score (nSPS) is 12.4. The van der Waals surface area contributed by atoms with E-state index in [1.165, 1.54) is 4.88 Å². The summed E-state index contributed by atoms with van der Waals surface area (Å²) in [5.41, 5.74) is 6.21. The fraction of sp³-hybridized carbons (Fsp3) is 0.250. The average molecular weight is 268 g/mol. The molecule has 0 aromatic carbocycles. The molecule has 0 saturated heterocycles. The highest BCUT2D eigenvalue weighted by atomic mass is 35.5. The maximum absolute atomic E-state index is 6.15. The van der Waals surface area contributed by atoms with E-state index in [1.807, 2.05) is 18.0 Å². The van der Waals surface area contributed by atoms with Crippen LogP contribution in [-0.2, 0) is 0 Å². The van der Waals surface area contributed by atoms with Crippen molar-refractivity contribution in [2.24, 2.45) is 0 Å². The summed E-state index contributed by atoms with van der Waals surface area (Å²) < 4.78 is 0. The first-order chi connectivity index (χ1) is 8.09. The van der Waals surface area contributed by atoms with Crippen LogP contribution >= 0.6 is 22.9 Å². The van der Waals surface area contributed by atoms with Crippen molar-refractivity contribution in [3.8, 4) is 0 Å². The van der Waals surface area contributed by atoms with Crippen LogP contribution in [0.1, 0.15) is 17.8 Å². The van der Waals surface area contributed by atoms with Gasteiger partial charge in [0.25, 0.3) is 0 Å². The van der Waals surface area contributed by atoms with Gasteiger partial charge in [-0.3, -0.25) is 0 Å². The third kappa shape index (κ3) is 2.53. The van der Waals surface area contributed by atoms with Crippen molar-refractivity contribution < 1.29 is 0 Å². The zero-order chi connectivity index (χ0) is 12.4. The topological polar surface area (TPSA) is 42.2 Å². The van der Waals surface area contributed by atoms with E-state index in [1.54, 1.807) is 23.6 Å². The minimum atomic E-state index is 0.239. The summed E-state index contributed by atoms with van der Waals surface area (Å²) in [5.74, 6) is 0.752. The molecule has 3 nitrogen and oxygen atoms in total. The molecule has 2 aromatic rings. The van der Waals surface area contributed by atoms with Gasteiger partial charge in [-0.05, 0) is 24.4 Å². The molecule has 2 N–H and O–H groups in total. The van der Waals surface area contributed by atoms with E-state index in [0.29, 0.717) is 10.7 Å². The van der Waals surface area contributed by atoms with E-state index in [9.17, 15) is 0 Å². The Morgan fingerprint density at radius 3 is 2.88 bits per heavy atom. The van der Waals surface area contributed by atoms with Crippen LogP contribution in [0.2, 0.25) is 5.02 Å². The number of nitrogens with two attached hydrogens (primary N) is 1. The predicted molar refractivity (Wildman–Crippen MR) is 74.8 cm³/mol. The standard InChI is InChI=1S/C12H14ClN3S/c1-8(11-4-3-5-17-11)16(2)12-10(13)6-9(14)7-15-12/h3-8H,14H2,1-2H3. The summed E-state index contributed by atoms with van der Waals surface area (Å²) in [5, 5.41) is 2.65. The van der Waals surface area contributed by atoms with Crippen molar-refractivity contribution in [2.45, 2.75) is 13.0 Å². The van der Waals surface area contributed by atoms with Crippen molar-refractivity contribution in [1.29, 1.82) is 0 Å². The first-order valence-corrected chi connectivity index (χ1v) is 6.52. The van der Waals surface area contributed by atoms with Gasteiger partial charge in [0.1, 0.15) is 5.82 Å². The van der Waals surface area contributed by atoms with Crippen molar-refractivity contribution in [3.05, 3.63) is 39.7 Å². The number of nitrogen functional groups attached to an aromatic ring is 1. The molecule has 2 rings (SSSR count). The lowest BCUT2D eigenvalue weighted by molar-refractivity contribution is 0.742. The van der Waals surface area contributed by atoms with Crippen LogP contribution in [0, 0.1) is 0 Å². The van der Waals surface area contributed by atoms with E-state index in [4.69, 9.17) is 17.3 Å². The number of nitrogens with zero attached hydrogens (tertiary/aromatic N) is 2. The van der Waals surface area contributed by atoms with Gasteiger partial charge in [0.05, 0.1) is 22.9 Å². The third-order valence-electron chi connectivity index (χ3n) is 2.71. The van der Waals surface area contributed by atoms with Crippen LogP contribution in [-0.4, -0.2) is 12.0 Å². The number of pyridine rings is 1. The number of thiophene rings is 1. The Kier molecular flexibility index (Phi) is 3.54. The molecule has 5 heteroatoms. The molecule has 1 atom stereocenters. The number of anilines is 2.